The Hall–Kier alpha value is -2.24. The summed E-state index contributed by atoms with van der Waals surface area (Å²) in [5.74, 6) is 0.736. The highest BCUT2D eigenvalue weighted by atomic mass is 16.5. The SMILES string of the molecule is CCCCOc1ccc(C(NC(C)=O)NC(C)=O)cc1OC. The van der Waals surface area contributed by atoms with E-state index in [4.69, 9.17) is 9.47 Å². The smallest absolute Gasteiger partial charge is 0.218 e. The van der Waals surface area contributed by atoms with Crippen molar-refractivity contribution in [1.82, 2.24) is 10.6 Å². The third-order valence-corrected chi connectivity index (χ3v) is 2.97. The Bertz CT molecular complexity index is 501. The van der Waals surface area contributed by atoms with Crippen LogP contribution in [0.3, 0.4) is 0 Å². The molecule has 2 N–H and O–H groups in total. The molecule has 0 aliphatic rings. The molecule has 1 aromatic rings. The summed E-state index contributed by atoms with van der Waals surface area (Å²) in [5, 5.41) is 5.37. The molecule has 0 spiro atoms. The lowest BCUT2D eigenvalue weighted by molar-refractivity contribution is -0.122. The van der Waals surface area contributed by atoms with Gasteiger partial charge < -0.3 is 20.1 Å². The number of nitrogens with one attached hydrogen (secondary N) is 2. The summed E-state index contributed by atoms with van der Waals surface area (Å²) in [5.41, 5.74) is 0.713. The van der Waals surface area contributed by atoms with Crippen LogP contribution in [0.15, 0.2) is 18.2 Å². The van der Waals surface area contributed by atoms with Gasteiger partial charge >= 0.3 is 0 Å². The number of hydrogen-bond acceptors (Lipinski definition) is 4. The quantitative estimate of drug-likeness (QED) is 0.570. The Morgan fingerprint density at radius 2 is 1.77 bits per heavy atom. The molecule has 0 unspecified atom stereocenters. The normalized spacial score (nSPS) is 10.2. The average molecular weight is 308 g/mol. The molecule has 0 aliphatic carbocycles. The number of benzene rings is 1. The fourth-order valence-corrected chi connectivity index (χ4v) is 1.92. The van der Waals surface area contributed by atoms with Gasteiger partial charge in [-0.1, -0.05) is 19.4 Å². The number of unbranched alkanes of at least 4 members (excludes halogenated alkanes) is 1. The van der Waals surface area contributed by atoms with Crippen molar-refractivity contribution in [2.45, 2.75) is 39.8 Å². The van der Waals surface area contributed by atoms with Crippen molar-refractivity contribution < 1.29 is 19.1 Å². The fraction of sp³-hybridized carbons (Fsp3) is 0.500. The van der Waals surface area contributed by atoms with E-state index in [0.717, 1.165) is 12.8 Å². The molecule has 2 amide bonds. The van der Waals surface area contributed by atoms with E-state index in [9.17, 15) is 9.59 Å². The standard InChI is InChI=1S/C16H24N2O4/c1-5-6-9-22-14-8-7-13(10-15(14)21-4)16(17-11(2)19)18-12(3)20/h7-8,10,16H,5-6,9H2,1-4H3,(H,17,19)(H,18,20). The molecule has 122 valence electrons. The second-order valence-electron chi connectivity index (χ2n) is 4.95. The topological polar surface area (TPSA) is 76.7 Å². The van der Waals surface area contributed by atoms with Gasteiger partial charge in [0, 0.05) is 13.8 Å². The van der Waals surface area contributed by atoms with Crippen LogP contribution < -0.4 is 20.1 Å². The molecule has 22 heavy (non-hydrogen) atoms. The van der Waals surface area contributed by atoms with E-state index >= 15 is 0 Å². The minimum absolute atomic E-state index is 0.235. The molecule has 0 bridgehead atoms. The zero-order valence-corrected chi connectivity index (χ0v) is 13.6. The van der Waals surface area contributed by atoms with E-state index in [1.165, 1.54) is 13.8 Å². The van der Waals surface area contributed by atoms with Crippen LogP contribution in [0, 0.1) is 0 Å². The number of amides is 2. The van der Waals surface area contributed by atoms with E-state index in [2.05, 4.69) is 17.6 Å². The first-order valence-electron chi connectivity index (χ1n) is 7.32. The fourth-order valence-electron chi connectivity index (χ4n) is 1.92. The van der Waals surface area contributed by atoms with E-state index in [-0.39, 0.29) is 11.8 Å². The lowest BCUT2D eigenvalue weighted by atomic mass is 10.1. The Morgan fingerprint density at radius 3 is 2.27 bits per heavy atom. The van der Waals surface area contributed by atoms with Gasteiger partial charge in [0.1, 0.15) is 6.17 Å². The summed E-state index contributed by atoms with van der Waals surface area (Å²) >= 11 is 0. The predicted molar refractivity (Wildman–Crippen MR) is 83.8 cm³/mol. The molecule has 0 saturated carbocycles. The lowest BCUT2D eigenvalue weighted by Crippen LogP contribution is -2.39. The van der Waals surface area contributed by atoms with Crippen molar-refractivity contribution in [2.75, 3.05) is 13.7 Å². The van der Waals surface area contributed by atoms with Crippen molar-refractivity contribution in [3.05, 3.63) is 23.8 Å². The Balaban J connectivity index is 2.96. The van der Waals surface area contributed by atoms with Gasteiger partial charge in [0.2, 0.25) is 11.8 Å². The molecule has 0 fully saturated rings. The van der Waals surface area contributed by atoms with Gasteiger partial charge in [0.05, 0.1) is 13.7 Å². The third kappa shape index (κ3) is 5.63. The Kier molecular flexibility index (Phi) is 7.22. The average Bonchev–Trinajstić information content (AvgIpc) is 2.46. The summed E-state index contributed by atoms with van der Waals surface area (Å²) < 4.78 is 11.0. The minimum Gasteiger partial charge on any atom is -0.493 e. The van der Waals surface area contributed by atoms with Gasteiger partial charge in [-0.25, -0.2) is 0 Å². The van der Waals surface area contributed by atoms with Crippen molar-refractivity contribution in [3.8, 4) is 11.5 Å². The summed E-state index contributed by atoms with van der Waals surface area (Å²) in [4.78, 5) is 22.6. The summed E-state index contributed by atoms with van der Waals surface area (Å²) in [6, 6.07) is 5.32. The predicted octanol–water partition coefficient (Wildman–Crippen LogP) is 2.14. The second-order valence-corrected chi connectivity index (χ2v) is 4.95. The third-order valence-electron chi connectivity index (χ3n) is 2.97. The molecule has 0 aromatic heterocycles. The maximum absolute atomic E-state index is 11.3. The van der Waals surface area contributed by atoms with Crippen LogP contribution in [-0.2, 0) is 9.59 Å². The number of ether oxygens (including phenoxy) is 2. The molecular formula is C16H24N2O4. The van der Waals surface area contributed by atoms with Gasteiger partial charge in [-0.05, 0) is 24.1 Å². The summed E-state index contributed by atoms with van der Waals surface area (Å²) in [6.07, 6.45) is 1.41. The maximum atomic E-state index is 11.3. The zero-order chi connectivity index (χ0) is 16.5. The Morgan fingerprint density at radius 1 is 1.14 bits per heavy atom. The minimum atomic E-state index is -0.603. The van der Waals surface area contributed by atoms with Crippen LogP contribution in [0.4, 0.5) is 0 Å². The molecule has 0 heterocycles. The van der Waals surface area contributed by atoms with E-state index in [1.807, 2.05) is 0 Å². The van der Waals surface area contributed by atoms with Crippen molar-refractivity contribution in [3.63, 3.8) is 0 Å². The molecule has 6 heteroatoms. The second kappa shape index (κ2) is 8.92. The van der Waals surface area contributed by atoms with Gasteiger partial charge in [-0.3, -0.25) is 9.59 Å². The van der Waals surface area contributed by atoms with Gasteiger partial charge in [-0.2, -0.15) is 0 Å². The number of carbonyl (C=O) groups excluding carboxylic acids is 2. The molecular weight excluding hydrogens is 284 g/mol. The van der Waals surface area contributed by atoms with Crippen LogP contribution in [-0.4, -0.2) is 25.5 Å². The molecule has 0 atom stereocenters. The van der Waals surface area contributed by atoms with Crippen LogP contribution in [0.25, 0.3) is 0 Å². The summed E-state index contributed by atoms with van der Waals surface area (Å²) in [6.45, 7) is 5.50. The van der Waals surface area contributed by atoms with Crippen LogP contribution >= 0.6 is 0 Å². The first-order valence-corrected chi connectivity index (χ1v) is 7.32. The maximum Gasteiger partial charge on any atom is 0.218 e. The van der Waals surface area contributed by atoms with Crippen molar-refractivity contribution in [2.24, 2.45) is 0 Å². The lowest BCUT2D eigenvalue weighted by Gasteiger charge is -2.20. The Labute approximate surface area is 131 Å². The van der Waals surface area contributed by atoms with Crippen LogP contribution in [0.5, 0.6) is 11.5 Å². The number of hydrogen-bond donors (Lipinski definition) is 2. The molecule has 1 aromatic carbocycles. The molecule has 0 radical (unpaired) electrons. The van der Waals surface area contributed by atoms with E-state index < -0.39 is 6.17 Å². The molecule has 1 rings (SSSR count). The van der Waals surface area contributed by atoms with Gasteiger partial charge in [0.15, 0.2) is 11.5 Å². The zero-order valence-electron chi connectivity index (χ0n) is 13.6. The largest absolute Gasteiger partial charge is 0.493 e. The molecule has 0 saturated heterocycles. The number of rotatable bonds is 8. The highest BCUT2D eigenvalue weighted by Gasteiger charge is 2.16. The first kappa shape index (κ1) is 17.8. The number of carbonyl (C=O) groups is 2. The van der Waals surface area contributed by atoms with Crippen LogP contribution in [0.2, 0.25) is 0 Å². The summed E-state index contributed by atoms with van der Waals surface area (Å²) in [7, 11) is 1.55. The van der Waals surface area contributed by atoms with Gasteiger partial charge in [0.25, 0.3) is 0 Å². The number of methoxy groups -OCH3 is 1. The van der Waals surface area contributed by atoms with Crippen molar-refractivity contribution >= 4 is 11.8 Å². The monoisotopic (exact) mass is 308 g/mol. The highest BCUT2D eigenvalue weighted by molar-refractivity contribution is 5.76. The van der Waals surface area contributed by atoms with Crippen LogP contribution in [0.1, 0.15) is 45.3 Å². The molecule has 0 aliphatic heterocycles. The first-order chi connectivity index (χ1) is 10.5. The van der Waals surface area contributed by atoms with Crippen molar-refractivity contribution in [1.29, 1.82) is 0 Å². The van der Waals surface area contributed by atoms with E-state index in [1.54, 1.807) is 25.3 Å². The van der Waals surface area contributed by atoms with E-state index in [0.29, 0.717) is 23.7 Å². The molecule has 6 nitrogen and oxygen atoms in total. The van der Waals surface area contributed by atoms with Gasteiger partial charge in [-0.15, -0.1) is 0 Å². The highest BCUT2D eigenvalue weighted by Crippen LogP contribution is 2.30.